The van der Waals surface area contributed by atoms with Crippen LogP contribution in [0.2, 0.25) is 0 Å². The van der Waals surface area contributed by atoms with Crippen molar-refractivity contribution in [2.75, 3.05) is 31.4 Å². The number of amides is 1. The molecule has 1 aromatic carbocycles. The summed E-state index contributed by atoms with van der Waals surface area (Å²) in [7, 11) is 3.43. The minimum Gasteiger partial charge on any atom is -0.381 e. The topological polar surface area (TPSA) is 91.9 Å². The quantitative estimate of drug-likeness (QED) is 0.389. The molecular weight excluding hydrogens is 390 g/mol. The molecule has 0 aliphatic carbocycles. The van der Waals surface area contributed by atoms with Crippen molar-refractivity contribution in [1.82, 2.24) is 15.0 Å². The summed E-state index contributed by atoms with van der Waals surface area (Å²) >= 11 is 0. The molecule has 3 N–H and O–H groups in total. The summed E-state index contributed by atoms with van der Waals surface area (Å²) in [4.78, 5) is 24.2. The first-order valence-corrected chi connectivity index (χ1v) is 9.86. The predicted molar refractivity (Wildman–Crippen MR) is 124 cm³/mol. The van der Waals surface area contributed by atoms with Crippen LogP contribution in [0, 0.1) is 0 Å². The first-order chi connectivity index (χ1) is 15.2. The van der Waals surface area contributed by atoms with E-state index in [9.17, 15) is 4.79 Å². The highest BCUT2D eigenvalue weighted by Gasteiger charge is 2.10. The van der Waals surface area contributed by atoms with Gasteiger partial charge in [-0.1, -0.05) is 18.2 Å². The average molecular weight is 413 g/mol. The number of carbonyl (C=O) groups is 1. The Labute approximate surface area is 180 Å². The number of benzene rings is 1. The molecule has 3 heterocycles. The van der Waals surface area contributed by atoms with Gasteiger partial charge in [0.1, 0.15) is 11.5 Å². The molecule has 4 rings (SSSR count). The molecule has 3 aromatic heterocycles. The summed E-state index contributed by atoms with van der Waals surface area (Å²) in [6.07, 6.45) is 8.70. The van der Waals surface area contributed by atoms with Crippen LogP contribution >= 0.6 is 0 Å². The molecule has 0 saturated carbocycles. The number of H-pyrrole nitrogens is 1. The molecule has 7 heteroatoms. The second-order valence-electron chi connectivity index (χ2n) is 6.93. The summed E-state index contributed by atoms with van der Waals surface area (Å²) in [5.74, 6) is 0.604. The SMILES string of the molecule is CNc1cc(-c2c[nH]c3ncc(-c4cccc(NC(=O)/C=C/COC)c4)cc23)ccn1. The van der Waals surface area contributed by atoms with E-state index < -0.39 is 0 Å². The predicted octanol–water partition coefficient (Wildman–Crippen LogP) is 4.47. The fourth-order valence-corrected chi connectivity index (χ4v) is 3.35. The number of carbonyl (C=O) groups excluding carboxylic acids is 1. The number of anilines is 2. The Kier molecular flexibility index (Phi) is 6.05. The van der Waals surface area contributed by atoms with Crippen LogP contribution in [0.4, 0.5) is 11.5 Å². The van der Waals surface area contributed by atoms with E-state index in [1.54, 1.807) is 19.4 Å². The molecule has 1 amide bonds. The Hall–Kier alpha value is -3.97. The number of hydrogen-bond acceptors (Lipinski definition) is 5. The highest BCUT2D eigenvalue weighted by molar-refractivity contribution is 6.00. The van der Waals surface area contributed by atoms with Crippen LogP contribution in [0.1, 0.15) is 0 Å². The van der Waals surface area contributed by atoms with Gasteiger partial charge in [0.15, 0.2) is 0 Å². The number of aromatic amines is 1. The Morgan fingerprint density at radius 2 is 2.03 bits per heavy atom. The van der Waals surface area contributed by atoms with Crippen molar-refractivity contribution < 1.29 is 9.53 Å². The van der Waals surface area contributed by atoms with Gasteiger partial charge in [0.05, 0.1) is 6.61 Å². The molecule has 0 atom stereocenters. The van der Waals surface area contributed by atoms with Gasteiger partial charge in [-0.15, -0.1) is 0 Å². The highest BCUT2D eigenvalue weighted by atomic mass is 16.5. The summed E-state index contributed by atoms with van der Waals surface area (Å²) in [5.41, 5.74) is 5.55. The van der Waals surface area contributed by atoms with Gasteiger partial charge in [0.2, 0.25) is 5.91 Å². The van der Waals surface area contributed by atoms with Gasteiger partial charge in [-0.2, -0.15) is 0 Å². The third-order valence-electron chi connectivity index (χ3n) is 4.85. The molecule has 0 aliphatic heterocycles. The van der Waals surface area contributed by atoms with Crippen LogP contribution in [0.15, 0.2) is 73.2 Å². The lowest BCUT2D eigenvalue weighted by Gasteiger charge is -2.07. The zero-order valence-electron chi connectivity index (χ0n) is 17.3. The lowest BCUT2D eigenvalue weighted by atomic mass is 10.0. The van der Waals surface area contributed by atoms with Crippen LogP contribution in [0.3, 0.4) is 0 Å². The molecule has 0 spiro atoms. The number of rotatable bonds is 7. The molecule has 0 fully saturated rings. The molecule has 0 aliphatic rings. The first-order valence-electron chi connectivity index (χ1n) is 9.86. The monoisotopic (exact) mass is 413 g/mol. The Morgan fingerprint density at radius 1 is 1.13 bits per heavy atom. The van der Waals surface area contributed by atoms with E-state index in [0.717, 1.165) is 39.1 Å². The van der Waals surface area contributed by atoms with Crippen molar-refractivity contribution in [2.45, 2.75) is 0 Å². The van der Waals surface area contributed by atoms with Gasteiger partial charge in [0.25, 0.3) is 0 Å². The fraction of sp³-hybridized carbons (Fsp3) is 0.125. The number of nitrogens with zero attached hydrogens (tertiary/aromatic N) is 2. The van der Waals surface area contributed by atoms with Crippen molar-refractivity contribution in [2.24, 2.45) is 0 Å². The van der Waals surface area contributed by atoms with E-state index in [-0.39, 0.29) is 5.91 Å². The second-order valence-corrected chi connectivity index (χ2v) is 6.93. The smallest absolute Gasteiger partial charge is 0.248 e. The largest absolute Gasteiger partial charge is 0.381 e. The number of aromatic nitrogens is 3. The lowest BCUT2D eigenvalue weighted by Crippen LogP contribution is -2.08. The summed E-state index contributed by atoms with van der Waals surface area (Å²) in [6.45, 7) is 0.394. The second kappa shape index (κ2) is 9.23. The zero-order chi connectivity index (χ0) is 21.6. The van der Waals surface area contributed by atoms with Crippen LogP contribution in [-0.4, -0.2) is 41.6 Å². The molecule has 31 heavy (non-hydrogen) atoms. The maximum atomic E-state index is 12.0. The van der Waals surface area contributed by atoms with Gasteiger partial charge in [-0.3, -0.25) is 4.79 Å². The average Bonchev–Trinajstić information content (AvgIpc) is 3.23. The van der Waals surface area contributed by atoms with Gasteiger partial charge in [0, 0.05) is 61.0 Å². The van der Waals surface area contributed by atoms with E-state index in [2.05, 4.69) is 31.7 Å². The van der Waals surface area contributed by atoms with Gasteiger partial charge < -0.3 is 20.4 Å². The van der Waals surface area contributed by atoms with Crippen molar-refractivity contribution in [3.63, 3.8) is 0 Å². The summed E-state index contributed by atoms with van der Waals surface area (Å²) in [5, 5.41) is 6.96. The molecule has 0 radical (unpaired) electrons. The lowest BCUT2D eigenvalue weighted by molar-refractivity contribution is -0.111. The normalized spacial score (nSPS) is 11.2. The van der Waals surface area contributed by atoms with Crippen molar-refractivity contribution in [3.8, 4) is 22.3 Å². The van der Waals surface area contributed by atoms with Gasteiger partial charge in [-0.25, -0.2) is 9.97 Å². The molecule has 7 nitrogen and oxygen atoms in total. The Bertz CT molecular complexity index is 1250. The molecule has 4 aromatic rings. The molecule has 0 saturated heterocycles. The molecular formula is C24H23N5O2. The van der Waals surface area contributed by atoms with Crippen molar-refractivity contribution in [1.29, 1.82) is 0 Å². The maximum Gasteiger partial charge on any atom is 0.248 e. The zero-order valence-corrected chi connectivity index (χ0v) is 17.3. The van der Waals surface area contributed by atoms with Gasteiger partial charge >= 0.3 is 0 Å². The number of nitrogens with one attached hydrogen (secondary N) is 3. The van der Waals surface area contributed by atoms with Crippen molar-refractivity contribution in [3.05, 3.63) is 73.2 Å². The van der Waals surface area contributed by atoms with Crippen molar-refractivity contribution >= 4 is 28.4 Å². The van der Waals surface area contributed by atoms with E-state index in [1.165, 1.54) is 6.08 Å². The molecule has 156 valence electrons. The number of methoxy groups -OCH3 is 1. The Morgan fingerprint density at radius 3 is 2.87 bits per heavy atom. The minimum absolute atomic E-state index is 0.200. The number of pyridine rings is 2. The highest BCUT2D eigenvalue weighted by Crippen LogP contribution is 2.32. The third-order valence-corrected chi connectivity index (χ3v) is 4.85. The first kappa shape index (κ1) is 20.3. The number of hydrogen-bond donors (Lipinski definition) is 3. The number of fused-ring (bicyclic) bond motifs is 1. The number of ether oxygens (including phenoxy) is 1. The van der Waals surface area contributed by atoms with Crippen LogP contribution in [-0.2, 0) is 9.53 Å². The molecule has 0 bridgehead atoms. The van der Waals surface area contributed by atoms with Crippen LogP contribution in [0.25, 0.3) is 33.3 Å². The Balaban J connectivity index is 1.65. The standard InChI is InChI=1S/C24H23N5O2/c1-25-22-13-17(8-9-26-22)21-15-28-24-20(21)12-18(14-27-24)16-5-3-6-19(11-16)29-23(30)7-4-10-31-2/h3-9,11-15H,10H2,1-2H3,(H,25,26)(H,27,28)(H,29,30)/b7-4+. The van der Waals surface area contributed by atoms with Crippen LogP contribution < -0.4 is 10.6 Å². The van der Waals surface area contributed by atoms with E-state index >= 15 is 0 Å². The molecule has 0 unspecified atom stereocenters. The summed E-state index contributed by atoms with van der Waals surface area (Å²) in [6, 6.07) is 13.8. The van der Waals surface area contributed by atoms with E-state index in [4.69, 9.17) is 4.74 Å². The third kappa shape index (κ3) is 4.62. The van der Waals surface area contributed by atoms with Crippen LogP contribution in [0.5, 0.6) is 0 Å². The summed E-state index contributed by atoms with van der Waals surface area (Å²) < 4.78 is 4.92. The van der Waals surface area contributed by atoms with Gasteiger partial charge in [-0.05, 0) is 41.5 Å². The fourth-order valence-electron chi connectivity index (χ4n) is 3.35. The minimum atomic E-state index is -0.200. The van der Waals surface area contributed by atoms with E-state index in [0.29, 0.717) is 12.3 Å². The van der Waals surface area contributed by atoms with E-state index in [1.807, 2.05) is 55.8 Å². The maximum absolute atomic E-state index is 12.0.